The molecular weight excluding hydrogens is 432 g/mol. The van der Waals surface area contributed by atoms with E-state index in [-0.39, 0.29) is 0 Å². The van der Waals surface area contributed by atoms with Gasteiger partial charge in [-0.15, -0.1) is 0 Å². The zero-order valence-corrected chi connectivity index (χ0v) is 17.6. The van der Waals surface area contributed by atoms with Crippen LogP contribution in [0.2, 0.25) is 5.02 Å². The molecule has 0 aliphatic carbocycles. The van der Waals surface area contributed by atoms with Crippen molar-refractivity contribution in [2.45, 2.75) is 41.8 Å². The van der Waals surface area contributed by atoms with Gasteiger partial charge in [0.25, 0.3) is 0 Å². The summed E-state index contributed by atoms with van der Waals surface area (Å²) in [6, 6.07) is 10.7. The number of fused-ring (bicyclic) bond motifs is 1. The molecule has 4 N–H and O–H groups in total. The Morgan fingerprint density at radius 1 is 1.07 bits per heavy atom. The minimum Gasteiger partial charge on any atom is -0.491 e. The topological polar surface area (TPSA) is 116 Å². The molecule has 2 aliphatic heterocycles. The predicted octanol–water partition coefficient (Wildman–Crippen LogP) is 0.946. The van der Waals surface area contributed by atoms with Crippen LogP contribution in [0, 0.1) is 0 Å². The molecule has 4 rings (SSSR count). The molecule has 7 nitrogen and oxygen atoms in total. The minimum absolute atomic E-state index is 0.436. The van der Waals surface area contributed by atoms with Gasteiger partial charge in [-0.1, -0.05) is 29.8 Å². The Morgan fingerprint density at radius 2 is 1.87 bits per heavy atom. The van der Waals surface area contributed by atoms with Crippen molar-refractivity contribution in [3.8, 4) is 5.75 Å². The maximum Gasteiger partial charge on any atom is 0.135 e. The van der Waals surface area contributed by atoms with E-state index < -0.39 is 47.9 Å². The molecule has 1 unspecified atom stereocenters. The van der Waals surface area contributed by atoms with Crippen molar-refractivity contribution in [1.29, 1.82) is 0 Å². The Morgan fingerprint density at radius 3 is 2.63 bits per heavy atom. The summed E-state index contributed by atoms with van der Waals surface area (Å²) >= 11 is 6.38. The average molecular weight is 455 g/mol. The molecule has 9 heteroatoms. The quantitative estimate of drug-likeness (QED) is 0.543. The van der Waals surface area contributed by atoms with Crippen molar-refractivity contribution >= 4 is 22.4 Å². The van der Waals surface area contributed by atoms with Crippen molar-refractivity contribution in [2.24, 2.45) is 0 Å². The summed E-state index contributed by atoms with van der Waals surface area (Å²) in [6.45, 7) is -0.0534. The van der Waals surface area contributed by atoms with Crippen LogP contribution in [0.3, 0.4) is 0 Å². The molecule has 2 aromatic rings. The van der Waals surface area contributed by atoms with Crippen LogP contribution in [0.15, 0.2) is 41.3 Å². The van der Waals surface area contributed by atoms with Crippen LogP contribution in [0.1, 0.15) is 22.8 Å². The van der Waals surface area contributed by atoms with Crippen molar-refractivity contribution in [1.82, 2.24) is 0 Å². The number of aliphatic hydroxyl groups is 4. The second kappa shape index (κ2) is 8.92. The molecule has 0 spiro atoms. The van der Waals surface area contributed by atoms with Crippen LogP contribution < -0.4 is 4.74 Å². The summed E-state index contributed by atoms with van der Waals surface area (Å²) in [5.41, 5.74) is 2.23. The number of ether oxygens (including phenoxy) is 2. The molecule has 2 aromatic carbocycles. The standard InChI is InChI=1S/C21H23ClO7S/c22-14-3-2-12(21-20(26)19(25)18(24)16(10-23)29-21)9-13(14)7-11-1-4-15-17(8-11)30(27)6-5-28-15/h1-4,8-9,16,18-21,23-26H,5-7,10H2/t16-,18-,19+,20-,21+,30?/m1/s1. The van der Waals surface area contributed by atoms with E-state index in [2.05, 4.69) is 0 Å². The fraction of sp³-hybridized carbons (Fsp3) is 0.429. The largest absolute Gasteiger partial charge is 0.491 e. The Labute approximate surface area is 181 Å². The first kappa shape index (κ1) is 21.7. The van der Waals surface area contributed by atoms with E-state index in [1.165, 1.54) is 0 Å². The number of rotatable bonds is 4. The van der Waals surface area contributed by atoms with E-state index in [9.17, 15) is 24.6 Å². The zero-order chi connectivity index (χ0) is 21.4. The maximum absolute atomic E-state index is 12.3. The fourth-order valence-electron chi connectivity index (χ4n) is 3.80. The lowest BCUT2D eigenvalue weighted by Gasteiger charge is -2.40. The number of hydrogen-bond acceptors (Lipinski definition) is 7. The summed E-state index contributed by atoms with van der Waals surface area (Å²) in [7, 11) is -1.10. The smallest absolute Gasteiger partial charge is 0.135 e. The van der Waals surface area contributed by atoms with Crippen molar-refractivity contribution in [3.05, 3.63) is 58.1 Å². The van der Waals surface area contributed by atoms with E-state index in [0.717, 1.165) is 11.1 Å². The lowest BCUT2D eigenvalue weighted by molar-refractivity contribution is -0.231. The SMILES string of the molecule is O=S1CCOc2ccc(Cc3cc([C@@H]4O[C@H](CO)[C@@H](O)[C@H](O)[C@H]4O)ccc3Cl)cc21. The highest BCUT2D eigenvalue weighted by Gasteiger charge is 2.44. The molecule has 6 atom stereocenters. The van der Waals surface area contributed by atoms with Gasteiger partial charge in [-0.2, -0.15) is 0 Å². The Bertz CT molecular complexity index is 951. The molecule has 0 saturated carbocycles. The van der Waals surface area contributed by atoms with E-state index in [0.29, 0.717) is 40.0 Å². The molecule has 2 aliphatic rings. The summed E-state index contributed by atoms with van der Waals surface area (Å²) in [5, 5.41) is 40.4. The van der Waals surface area contributed by atoms with Crippen molar-refractivity contribution in [3.63, 3.8) is 0 Å². The second-order valence-corrected chi connectivity index (χ2v) is 9.40. The van der Waals surface area contributed by atoms with Gasteiger partial charge in [0.1, 0.15) is 42.9 Å². The molecule has 0 aromatic heterocycles. The Kier molecular flexibility index (Phi) is 6.45. The highest BCUT2D eigenvalue weighted by atomic mass is 35.5. The van der Waals surface area contributed by atoms with Crippen LogP contribution in [-0.2, 0) is 22.0 Å². The second-order valence-electron chi connectivity index (χ2n) is 7.46. The molecule has 1 saturated heterocycles. The van der Waals surface area contributed by atoms with E-state index in [4.69, 9.17) is 21.1 Å². The number of halogens is 1. The average Bonchev–Trinajstić information content (AvgIpc) is 2.75. The van der Waals surface area contributed by atoms with Gasteiger partial charge in [0.05, 0.1) is 28.1 Å². The fourth-order valence-corrected chi connectivity index (χ4v) is 5.07. The predicted molar refractivity (Wildman–Crippen MR) is 110 cm³/mol. The monoisotopic (exact) mass is 454 g/mol. The van der Waals surface area contributed by atoms with Gasteiger partial charge in [-0.3, -0.25) is 4.21 Å². The number of aliphatic hydroxyl groups excluding tert-OH is 4. The molecular formula is C21H23ClO7S. The van der Waals surface area contributed by atoms with Crippen LogP contribution in [-0.4, -0.2) is 68.0 Å². The Balaban J connectivity index is 1.61. The summed E-state index contributed by atoms with van der Waals surface area (Å²) in [5.74, 6) is 1.09. The van der Waals surface area contributed by atoms with Crippen molar-refractivity contribution < 1.29 is 34.1 Å². The molecule has 30 heavy (non-hydrogen) atoms. The van der Waals surface area contributed by atoms with E-state index in [1.54, 1.807) is 24.3 Å². The van der Waals surface area contributed by atoms with Crippen molar-refractivity contribution in [2.75, 3.05) is 19.0 Å². The first-order valence-electron chi connectivity index (χ1n) is 9.62. The maximum atomic E-state index is 12.3. The normalized spacial score (nSPS) is 31.1. The van der Waals surface area contributed by atoms with Gasteiger partial charge < -0.3 is 29.9 Å². The van der Waals surface area contributed by atoms with Gasteiger partial charge in [0.15, 0.2) is 0 Å². The summed E-state index contributed by atoms with van der Waals surface area (Å²) < 4.78 is 23.5. The van der Waals surface area contributed by atoms with E-state index >= 15 is 0 Å². The third kappa shape index (κ3) is 4.13. The van der Waals surface area contributed by atoms with Crippen LogP contribution in [0.5, 0.6) is 5.75 Å². The molecule has 0 amide bonds. The number of benzene rings is 2. The third-order valence-corrected chi connectivity index (χ3v) is 7.18. The first-order valence-corrected chi connectivity index (χ1v) is 11.3. The van der Waals surface area contributed by atoms with Crippen LogP contribution in [0.4, 0.5) is 0 Å². The highest BCUT2D eigenvalue weighted by Crippen LogP contribution is 2.35. The lowest BCUT2D eigenvalue weighted by atomic mass is 9.90. The summed E-state index contributed by atoms with van der Waals surface area (Å²) in [4.78, 5) is 0.667. The van der Waals surface area contributed by atoms with Gasteiger partial charge in [0.2, 0.25) is 0 Å². The third-order valence-electron chi connectivity index (χ3n) is 5.46. The van der Waals surface area contributed by atoms with Gasteiger partial charge in [-0.25, -0.2) is 0 Å². The molecule has 0 bridgehead atoms. The highest BCUT2D eigenvalue weighted by molar-refractivity contribution is 7.85. The van der Waals surface area contributed by atoms with Gasteiger partial charge >= 0.3 is 0 Å². The van der Waals surface area contributed by atoms with E-state index in [1.807, 2.05) is 12.1 Å². The molecule has 0 radical (unpaired) electrons. The van der Waals surface area contributed by atoms with Gasteiger partial charge in [-0.05, 0) is 41.3 Å². The zero-order valence-electron chi connectivity index (χ0n) is 16.0. The lowest BCUT2D eigenvalue weighted by Crippen LogP contribution is -2.55. The van der Waals surface area contributed by atoms with Crippen LogP contribution in [0.25, 0.3) is 0 Å². The first-order chi connectivity index (χ1) is 14.4. The summed E-state index contributed by atoms with van der Waals surface area (Å²) in [6.07, 6.45) is -5.68. The minimum atomic E-state index is -1.45. The molecule has 1 fully saturated rings. The van der Waals surface area contributed by atoms with Crippen LogP contribution >= 0.6 is 11.6 Å². The Hall–Kier alpha value is -1.52. The number of hydrogen-bond donors (Lipinski definition) is 4. The molecule has 2 heterocycles. The van der Waals surface area contributed by atoms with Gasteiger partial charge in [0, 0.05) is 5.02 Å². The molecule has 162 valence electrons.